The molecule has 108 valence electrons. The van der Waals surface area contributed by atoms with Crippen molar-refractivity contribution in [1.82, 2.24) is 4.98 Å². The second kappa shape index (κ2) is 5.93. The summed E-state index contributed by atoms with van der Waals surface area (Å²) in [6.45, 7) is 1.53. The zero-order chi connectivity index (χ0) is 14.7. The van der Waals surface area contributed by atoms with Gasteiger partial charge in [0.1, 0.15) is 0 Å². The second-order valence-corrected chi connectivity index (χ2v) is 4.78. The molecule has 0 aliphatic carbocycles. The molecule has 0 bridgehead atoms. The molecule has 0 unspecified atom stereocenters. The highest BCUT2D eigenvalue weighted by Gasteiger charge is 2.15. The van der Waals surface area contributed by atoms with E-state index in [1.54, 1.807) is 36.5 Å². The number of nitrogens with two attached hydrogens (primary N) is 1. The first-order valence-electron chi connectivity index (χ1n) is 6.87. The van der Waals surface area contributed by atoms with Gasteiger partial charge < -0.3 is 15.2 Å². The molecular weight excluding hydrogens is 268 g/mol. The van der Waals surface area contributed by atoms with Crippen LogP contribution < -0.4 is 15.2 Å². The average molecular weight is 284 g/mol. The van der Waals surface area contributed by atoms with E-state index in [0.717, 1.165) is 6.42 Å². The zero-order valence-electron chi connectivity index (χ0n) is 11.5. The number of aromatic nitrogens is 1. The van der Waals surface area contributed by atoms with Crippen molar-refractivity contribution < 1.29 is 14.3 Å². The summed E-state index contributed by atoms with van der Waals surface area (Å²) >= 11 is 0. The lowest BCUT2D eigenvalue weighted by Gasteiger charge is -2.09. The van der Waals surface area contributed by atoms with Crippen LogP contribution in [0.2, 0.25) is 0 Å². The summed E-state index contributed by atoms with van der Waals surface area (Å²) in [4.78, 5) is 16.6. The highest BCUT2D eigenvalue weighted by atomic mass is 16.5. The molecule has 2 heterocycles. The van der Waals surface area contributed by atoms with Crippen LogP contribution in [-0.2, 0) is 6.54 Å². The number of carbonyl (C=O) groups excluding carboxylic acids is 1. The van der Waals surface area contributed by atoms with Crippen LogP contribution in [0.1, 0.15) is 28.0 Å². The molecule has 5 nitrogen and oxygen atoms in total. The van der Waals surface area contributed by atoms with Crippen molar-refractivity contribution >= 4 is 5.78 Å². The lowest BCUT2D eigenvalue weighted by Crippen LogP contribution is -2.06. The molecule has 2 N–H and O–H groups in total. The minimum absolute atomic E-state index is 0.0808. The van der Waals surface area contributed by atoms with Gasteiger partial charge in [-0.2, -0.15) is 0 Å². The van der Waals surface area contributed by atoms with Crippen LogP contribution in [0.25, 0.3) is 0 Å². The summed E-state index contributed by atoms with van der Waals surface area (Å²) in [6.07, 6.45) is 2.43. The molecular formula is C16H16N2O3. The number of pyridine rings is 1. The Morgan fingerprint density at radius 2 is 1.86 bits per heavy atom. The molecule has 21 heavy (non-hydrogen) atoms. The van der Waals surface area contributed by atoms with Crippen LogP contribution in [0, 0.1) is 0 Å². The van der Waals surface area contributed by atoms with Gasteiger partial charge in [-0.05, 0) is 30.3 Å². The van der Waals surface area contributed by atoms with Gasteiger partial charge in [-0.1, -0.05) is 0 Å². The van der Waals surface area contributed by atoms with E-state index in [1.807, 2.05) is 0 Å². The van der Waals surface area contributed by atoms with Crippen LogP contribution in [0.3, 0.4) is 0 Å². The van der Waals surface area contributed by atoms with Crippen molar-refractivity contribution in [2.75, 3.05) is 13.2 Å². The van der Waals surface area contributed by atoms with E-state index in [2.05, 4.69) is 4.98 Å². The number of nitrogens with zero attached hydrogens (tertiary/aromatic N) is 1. The fraction of sp³-hybridized carbons (Fsp3) is 0.250. The summed E-state index contributed by atoms with van der Waals surface area (Å²) in [5.41, 5.74) is 7.38. The largest absolute Gasteiger partial charge is 0.490 e. The first-order chi connectivity index (χ1) is 10.3. The fourth-order valence-electron chi connectivity index (χ4n) is 2.20. The van der Waals surface area contributed by atoms with Crippen molar-refractivity contribution in [2.24, 2.45) is 5.73 Å². The Morgan fingerprint density at radius 3 is 2.67 bits per heavy atom. The van der Waals surface area contributed by atoms with Crippen LogP contribution in [0.5, 0.6) is 11.5 Å². The topological polar surface area (TPSA) is 74.4 Å². The minimum Gasteiger partial charge on any atom is -0.490 e. The number of ketones is 1. The van der Waals surface area contributed by atoms with Gasteiger partial charge in [0, 0.05) is 30.3 Å². The molecule has 0 radical (unpaired) electrons. The first-order valence-corrected chi connectivity index (χ1v) is 6.87. The highest BCUT2D eigenvalue weighted by molar-refractivity contribution is 6.09. The standard InChI is InChI=1S/C16H16N2O3/c17-10-13-8-12(4-5-18-13)16(19)11-2-3-14-15(9-11)21-7-1-6-20-14/h2-5,8-9H,1,6-7,10,17H2. The molecule has 1 aliphatic rings. The highest BCUT2D eigenvalue weighted by Crippen LogP contribution is 2.31. The van der Waals surface area contributed by atoms with Gasteiger partial charge in [-0.15, -0.1) is 0 Å². The molecule has 0 saturated heterocycles. The summed E-state index contributed by atoms with van der Waals surface area (Å²) in [5.74, 6) is 1.22. The normalized spacial score (nSPS) is 13.6. The lowest BCUT2D eigenvalue weighted by molar-refractivity contribution is 0.103. The zero-order valence-corrected chi connectivity index (χ0v) is 11.5. The van der Waals surface area contributed by atoms with Gasteiger partial charge in [-0.3, -0.25) is 9.78 Å². The van der Waals surface area contributed by atoms with Crippen LogP contribution >= 0.6 is 0 Å². The van der Waals surface area contributed by atoms with Gasteiger partial charge in [0.2, 0.25) is 0 Å². The van der Waals surface area contributed by atoms with Crippen LogP contribution in [0.15, 0.2) is 36.5 Å². The Morgan fingerprint density at radius 1 is 1.10 bits per heavy atom. The third-order valence-electron chi connectivity index (χ3n) is 3.30. The van der Waals surface area contributed by atoms with E-state index in [-0.39, 0.29) is 5.78 Å². The van der Waals surface area contributed by atoms with E-state index in [9.17, 15) is 4.79 Å². The number of carbonyl (C=O) groups is 1. The monoisotopic (exact) mass is 284 g/mol. The number of benzene rings is 1. The average Bonchev–Trinajstić information content (AvgIpc) is 2.78. The molecule has 3 rings (SSSR count). The molecule has 1 aromatic carbocycles. The van der Waals surface area contributed by atoms with E-state index < -0.39 is 0 Å². The van der Waals surface area contributed by atoms with Gasteiger partial charge in [0.05, 0.1) is 18.9 Å². The molecule has 0 atom stereocenters. The molecule has 0 spiro atoms. The molecule has 2 aromatic rings. The van der Waals surface area contributed by atoms with Crippen LogP contribution in [-0.4, -0.2) is 24.0 Å². The van der Waals surface area contributed by atoms with Crippen molar-refractivity contribution in [2.45, 2.75) is 13.0 Å². The molecule has 5 heteroatoms. The van der Waals surface area contributed by atoms with Crippen molar-refractivity contribution in [3.8, 4) is 11.5 Å². The third-order valence-corrected chi connectivity index (χ3v) is 3.30. The maximum atomic E-state index is 12.5. The predicted molar refractivity (Wildman–Crippen MR) is 77.6 cm³/mol. The molecule has 0 fully saturated rings. The van der Waals surface area contributed by atoms with E-state index in [4.69, 9.17) is 15.2 Å². The van der Waals surface area contributed by atoms with E-state index in [1.165, 1.54) is 0 Å². The summed E-state index contributed by atoms with van der Waals surface area (Å²) in [5, 5.41) is 0. The molecule has 0 amide bonds. The quantitative estimate of drug-likeness (QED) is 0.872. The Bertz CT molecular complexity index is 670. The number of ether oxygens (including phenoxy) is 2. The van der Waals surface area contributed by atoms with Crippen molar-refractivity contribution in [3.63, 3.8) is 0 Å². The molecule has 0 saturated carbocycles. The van der Waals surface area contributed by atoms with Crippen LogP contribution in [0.4, 0.5) is 0 Å². The Labute approximate surface area is 122 Å². The first kappa shape index (κ1) is 13.6. The van der Waals surface area contributed by atoms with E-state index >= 15 is 0 Å². The second-order valence-electron chi connectivity index (χ2n) is 4.78. The van der Waals surface area contributed by atoms with Gasteiger partial charge in [-0.25, -0.2) is 0 Å². The summed E-state index contributed by atoms with van der Waals surface area (Å²) in [7, 11) is 0. The summed E-state index contributed by atoms with van der Waals surface area (Å²) in [6, 6.07) is 8.65. The van der Waals surface area contributed by atoms with E-state index in [0.29, 0.717) is 48.1 Å². The SMILES string of the molecule is NCc1cc(C(=O)c2ccc3c(c2)OCCCO3)ccn1. The smallest absolute Gasteiger partial charge is 0.193 e. The Balaban J connectivity index is 1.92. The number of hydrogen-bond acceptors (Lipinski definition) is 5. The third kappa shape index (κ3) is 2.87. The number of fused-ring (bicyclic) bond motifs is 1. The van der Waals surface area contributed by atoms with Gasteiger partial charge >= 0.3 is 0 Å². The molecule has 1 aliphatic heterocycles. The minimum atomic E-state index is -0.0808. The maximum absolute atomic E-state index is 12.5. The van der Waals surface area contributed by atoms with Crippen molar-refractivity contribution in [1.29, 1.82) is 0 Å². The Kier molecular flexibility index (Phi) is 3.83. The lowest BCUT2D eigenvalue weighted by atomic mass is 10.0. The fourth-order valence-corrected chi connectivity index (χ4v) is 2.20. The Hall–Kier alpha value is -2.40. The summed E-state index contributed by atoms with van der Waals surface area (Å²) < 4.78 is 11.2. The van der Waals surface area contributed by atoms with Crippen molar-refractivity contribution in [3.05, 3.63) is 53.3 Å². The number of rotatable bonds is 3. The maximum Gasteiger partial charge on any atom is 0.193 e. The van der Waals surface area contributed by atoms with Gasteiger partial charge in [0.15, 0.2) is 17.3 Å². The predicted octanol–water partition coefficient (Wildman–Crippen LogP) is 1.93. The number of hydrogen-bond donors (Lipinski definition) is 1. The van der Waals surface area contributed by atoms with Gasteiger partial charge in [0.25, 0.3) is 0 Å². The molecule has 1 aromatic heterocycles.